The zero-order chi connectivity index (χ0) is 11.1. The number of rotatable bonds is 2. The van der Waals surface area contributed by atoms with Crippen molar-refractivity contribution in [1.82, 2.24) is 0 Å². The van der Waals surface area contributed by atoms with Gasteiger partial charge in [-0.15, -0.1) is 0 Å². The summed E-state index contributed by atoms with van der Waals surface area (Å²) in [6.45, 7) is 0. The predicted octanol–water partition coefficient (Wildman–Crippen LogP) is 1.90. The van der Waals surface area contributed by atoms with Crippen LogP contribution >= 0.6 is 0 Å². The Kier molecular flexibility index (Phi) is 2.52. The zero-order valence-corrected chi connectivity index (χ0v) is 5.50. The SMILES string of the molecule is O=C(O)[13C](F)(F)[13C](F)(F)C(F)(F)F. The van der Waals surface area contributed by atoms with Crippen LogP contribution < -0.4 is 0 Å². The lowest BCUT2D eigenvalue weighted by Crippen LogP contribution is -2.56. The van der Waals surface area contributed by atoms with Crippen LogP contribution in [0.1, 0.15) is 0 Å². The monoisotopic (exact) mass is 216 g/mol. The third-order valence-corrected chi connectivity index (χ3v) is 1.02. The van der Waals surface area contributed by atoms with Crippen LogP contribution in [0, 0.1) is 0 Å². The number of halogens is 7. The summed E-state index contributed by atoms with van der Waals surface area (Å²) in [7, 11) is 0. The third kappa shape index (κ3) is 1.68. The van der Waals surface area contributed by atoms with E-state index in [9.17, 15) is 35.5 Å². The standard InChI is InChI=1S/C4HF7O2/c5-2(6,1(12)13)3(7,8)4(9,10)11/h(H,12,13)/i2+1,3+1. The van der Waals surface area contributed by atoms with Crippen molar-refractivity contribution in [2.24, 2.45) is 0 Å². The van der Waals surface area contributed by atoms with Gasteiger partial charge in [0, 0.05) is 0 Å². The van der Waals surface area contributed by atoms with Crippen molar-refractivity contribution >= 4 is 5.97 Å². The highest BCUT2D eigenvalue weighted by Crippen LogP contribution is 2.46. The molecule has 9 heteroatoms. The molecular weight excluding hydrogens is 215 g/mol. The summed E-state index contributed by atoms with van der Waals surface area (Å²) < 4.78 is 80.5. The molecular formula is C4HF7O2. The molecule has 0 aromatic heterocycles. The largest absolute Gasteiger partial charge is 0.477 e. The summed E-state index contributed by atoms with van der Waals surface area (Å²) in [5.74, 6) is -16.3. The molecule has 2 nitrogen and oxygen atoms in total. The first-order valence-corrected chi connectivity index (χ1v) is 2.50. The topological polar surface area (TPSA) is 37.3 Å². The number of carboxylic acids is 1. The molecule has 0 aromatic rings. The Morgan fingerprint density at radius 2 is 1.23 bits per heavy atom. The molecule has 0 unspecified atom stereocenters. The Labute approximate surface area is 65.9 Å². The molecule has 0 amide bonds. The van der Waals surface area contributed by atoms with Gasteiger partial charge in [0.05, 0.1) is 0 Å². The molecule has 0 bridgehead atoms. The molecule has 0 aliphatic carbocycles. The number of hydrogen-bond donors (Lipinski definition) is 1. The Bertz CT molecular complexity index is 217. The quantitative estimate of drug-likeness (QED) is 0.565. The van der Waals surface area contributed by atoms with Gasteiger partial charge in [0.2, 0.25) is 0 Å². The van der Waals surface area contributed by atoms with Crippen molar-refractivity contribution in [3.8, 4) is 0 Å². The van der Waals surface area contributed by atoms with E-state index in [0.717, 1.165) is 0 Å². The van der Waals surface area contributed by atoms with Crippen LogP contribution in [0.5, 0.6) is 0 Å². The normalized spacial score (nSPS) is 14.4. The first-order valence-electron chi connectivity index (χ1n) is 2.50. The molecule has 0 radical (unpaired) electrons. The second-order valence-corrected chi connectivity index (χ2v) is 1.95. The number of aliphatic carboxylic acids is 1. The van der Waals surface area contributed by atoms with E-state index in [0.29, 0.717) is 0 Å². The maximum atomic E-state index is 11.8. The number of alkyl halides is 7. The van der Waals surface area contributed by atoms with Crippen molar-refractivity contribution in [3.05, 3.63) is 0 Å². The average molecular weight is 216 g/mol. The number of hydrogen-bond acceptors (Lipinski definition) is 1. The molecule has 0 aromatic carbocycles. The van der Waals surface area contributed by atoms with Gasteiger partial charge in [0.1, 0.15) is 0 Å². The lowest BCUT2D eigenvalue weighted by Gasteiger charge is -2.24. The van der Waals surface area contributed by atoms with Gasteiger partial charge < -0.3 is 5.11 Å². The molecule has 0 saturated heterocycles. The summed E-state index contributed by atoms with van der Waals surface area (Å²) >= 11 is 0. The molecule has 0 heterocycles. The molecule has 78 valence electrons. The molecule has 0 aliphatic heterocycles. The van der Waals surface area contributed by atoms with Crippen LogP contribution in [0.3, 0.4) is 0 Å². The number of carboxylic acid groups (broad SMARTS) is 1. The van der Waals surface area contributed by atoms with Gasteiger partial charge >= 0.3 is 24.0 Å². The fraction of sp³-hybridized carbons (Fsp3) is 0.750. The van der Waals surface area contributed by atoms with Crippen LogP contribution in [0.4, 0.5) is 30.7 Å². The lowest BCUT2D eigenvalue weighted by atomic mass is 10.7. The first-order chi connectivity index (χ1) is 5.44. The van der Waals surface area contributed by atoms with E-state index in [4.69, 9.17) is 5.11 Å². The van der Waals surface area contributed by atoms with Gasteiger partial charge in [0.15, 0.2) is 0 Å². The number of carbonyl (C=O) groups is 1. The van der Waals surface area contributed by atoms with Gasteiger partial charge in [-0.05, 0) is 0 Å². The van der Waals surface area contributed by atoms with Crippen molar-refractivity contribution < 1.29 is 40.6 Å². The molecule has 0 rings (SSSR count). The van der Waals surface area contributed by atoms with Crippen LogP contribution in [0.2, 0.25) is 0 Å². The summed E-state index contributed by atoms with van der Waals surface area (Å²) in [4.78, 5) is 9.38. The second kappa shape index (κ2) is 2.74. The molecule has 0 spiro atoms. The van der Waals surface area contributed by atoms with Crippen molar-refractivity contribution in [1.29, 1.82) is 0 Å². The van der Waals surface area contributed by atoms with Gasteiger partial charge in [-0.3, -0.25) is 0 Å². The molecule has 0 saturated carbocycles. The van der Waals surface area contributed by atoms with Gasteiger partial charge in [0.25, 0.3) is 0 Å². The van der Waals surface area contributed by atoms with Gasteiger partial charge in [-0.2, -0.15) is 30.7 Å². The van der Waals surface area contributed by atoms with E-state index in [2.05, 4.69) is 0 Å². The van der Waals surface area contributed by atoms with Crippen molar-refractivity contribution in [3.63, 3.8) is 0 Å². The fourth-order valence-electron chi connectivity index (χ4n) is 0.312. The average Bonchev–Trinajstić information content (AvgIpc) is 1.84. The minimum absolute atomic E-state index is 3.53. The molecule has 0 fully saturated rings. The molecule has 0 atom stereocenters. The Hall–Kier alpha value is -1.02. The van der Waals surface area contributed by atoms with E-state index in [1.54, 1.807) is 0 Å². The second-order valence-electron chi connectivity index (χ2n) is 1.95. The zero-order valence-electron chi connectivity index (χ0n) is 5.50. The Morgan fingerprint density at radius 1 is 0.923 bits per heavy atom. The summed E-state index contributed by atoms with van der Waals surface area (Å²) in [5, 5.41) is 7.41. The molecule has 13 heavy (non-hydrogen) atoms. The van der Waals surface area contributed by atoms with E-state index < -0.39 is 24.0 Å². The third-order valence-electron chi connectivity index (χ3n) is 1.02. The van der Waals surface area contributed by atoms with Crippen LogP contribution in [-0.4, -0.2) is 29.1 Å². The van der Waals surface area contributed by atoms with Crippen molar-refractivity contribution in [2.45, 2.75) is 18.0 Å². The minimum Gasteiger partial charge on any atom is -0.477 e. The van der Waals surface area contributed by atoms with Crippen LogP contribution in [0.15, 0.2) is 0 Å². The van der Waals surface area contributed by atoms with Gasteiger partial charge in [-0.25, -0.2) is 4.79 Å². The molecule has 1 N–H and O–H groups in total. The predicted molar refractivity (Wildman–Crippen MR) is 23.6 cm³/mol. The minimum atomic E-state index is -6.60. The van der Waals surface area contributed by atoms with Crippen molar-refractivity contribution in [2.75, 3.05) is 0 Å². The maximum absolute atomic E-state index is 11.8. The highest BCUT2D eigenvalue weighted by atomic mass is 19.5. The first kappa shape index (κ1) is 12.0. The Morgan fingerprint density at radius 3 is 1.31 bits per heavy atom. The smallest absolute Gasteiger partial charge is 0.460 e. The van der Waals surface area contributed by atoms with Crippen LogP contribution in [0.25, 0.3) is 0 Å². The molecule has 0 aliphatic rings. The summed E-state index contributed by atoms with van der Waals surface area (Å²) in [6, 6.07) is 0. The van der Waals surface area contributed by atoms with E-state index in [-0.39, 0.29) is 0 Å². The van der Waals surface area contributed by atoms with E-state index >= 15 is 0 Å². The summed E-state index contributed by atoms with van der Waals surface area (Å²) in [6.07, 6.45) is -6.60. The van der Waals surface area contributed by atoms with E-state index in [1.807, 2.05) is 0 Å². The highest BCUT2D eigenvalue weighted by molar-refractivity contribution is 5.76. The Balaban J connectivity index is 5.16. The highest BCUT2D eigenvalue weighted by Gasteiger charge is 2.76. The van der Waals surface area contributed by atoms with E-state index in [1.165, 1.54) is 0 Å². The summed E-state index contributed by atoms with van der Waals surface area (Å²) in [5.41, 5.74) is 0. The fourth-order valence-corrected chi connectivity index (χ4v) is 0.312. The maximum Gasteiger partial charge on any atom is 0.460 e. The lowest BCUT2D eigenvalue weighted by molar-refractivity contribution is -0.347. The van der Waals surface area contributed by atoms with Gasteiger partial charge in [-0.1, -0.05) is 0 Å². The van der Waals surface area contributed by atoms with Crippen LogP contribution in [-0.2, 0) is 4.79 Å².